The molecule has 0 aromatic heterocycles. The van der Waals surface area contributed by atoms with Crippen molar-refractivity contribution in [2.75, 3.05) is 13.2 Å². The van der Waals surface area contributed by atoms with E-state index in [2.05, 4.69) is 36.2 Å². The third-order valence-electron chi connectivity index (χ3n) is 9.67. The first-order chi connectivity index (χ1) is 17.9. The van der Waals surface area contributed by atoms with Crippen LogP contribution in [0, 0.1) is 47.3 Å². The zero-order valence-electron chi connectivity index (χ0n) is 22.9. The fourth-order valence-electron chi connectivity index (χ4n) is 7.28. The van der Waals surface area contributed by atoms with Crippen molar-refractivity contribution in [3.05, 3.63) is 12.2 Å². The molecule has 0 aromatic rings. The molecule has 1 heterocycles. The summed E-state index contributed by atoms with van der Waals surface area (Å²) in [6.45, 7) is 3.88. The smallest absolute Gasteiger partial charge is 0.0836 e. The number of allylic oxidation sites excluding steroid dienone is 2. The second-order valence-electron chi connectivity index (χ2n) is 12.3. The van der Waals surface area contributed by atoms with Gasteiger partial charge in [-0.25, -0.2) is 0 Å². The lowest BCUT2D eigenvalue weighted by Gasteiger charge is -2.37. The van der Waals surface area contributed by atoms with Crippen LogP contribution >= 0.6 is 0 Å². The summed E-state index contributed by atoms with van der Waals surface area (Å²) in [6.07, 6.45) is 15.4. The van der Waals surface area contributed by atoms with Crippen molar-refractivity contribution in [3.63, 3.8) is 0 Å². The summed E-state index contributed by atoms with van der Waals surface area (Å²) in [5.74, 6) is 8.27. The molecule has 0 radical (unpaired) electrons. The maximum atomic E-state index is 11.3. The molecule has 2 fully saturated rings. The maximum Gasteiger partial charge on any atom is 0.0836 e. The fourth-order valence-corrected chi connectivity index (χ4v) is 7.28. The SMILES string of the molecule is CC[C@H]1C#C[C@@H]2C=C[C@@H](C3CCC(O)C(OCCCC4CCNC(N)C4)C3)C[C@@H](O)[C@@H]2[C@@H](O)CCCC1. The highest BCUT2D eigenvalue weighted by Crippen LogP contribution is 2.40. The Balaban J connectivity index is 1.34. The van der Waals surface area contributed by atoms with Gasteiger partial charge in [-0.3, -0.25) is 0 Å². The van der Waals surface area contributed by atoms with Gasteiger partial charge in [0.2, 0.25) is 0 Å². The molecular weight excluding hydrogens is 464 g/mol. The van der Waals surface area contributed by atoms with Crippen LogP contribution in [0.3, 0.4) is 0 Å². The van der Waals surface area contributed by atoms with Gasteiger partial charge in [0.15, 0.2) is 0 Å². The van der Waals surface area contributed by atoms with Crippen LogP contribution in [0.15, 0.2) is 12.2 Å². The van der Waals surface area contributed by atoms with E-state index in [1.54, 1.807) is 0 Å². The number of nitrogens with two attached hydrogens (primary N) is 1. The van der Waals surface area contributed by atoms with Crippen molar-refractivity contribution in [2.45, 2.75) is 121 Å². The van der Waals surface area contributed by atoms with Crippen molar-refractivity contribution in [1.82, 2.24) is 5.32 Å². The number of fused-ring (bicyclic) bond motifs is 1. The van der Waals surface area contributed by atoms with E-state index in [9.17, 15) is 15.3 Å². The van der Waals surface area contributed by atoms with E-state index in [1.807, 2.05) is 0 Å². The molecule has 1 aliphatic heterocycles. The third kappa shape index (κ3) is 8.27. The Hall–Kier alpha value is -0.940. The van der Waals surface area contributed by atoms with Crippen LogP contribution < -0.4 is 11.1 Å². The first-order valence-corrected chi connectivity index (χ1v) is 15.3. The number of ether oxygens (including phenoxy) is 1. The number of nitrogens with one attached hydrogen (secondary N) is 1. The molecule has 0 spiro atoms. The van der Waals surface area contributed by atoms with Gasteiger partial charge in [0, 0.05) is 24.4 Å². The molecule has 37 heavy (non-hydrogen) atoms. The van der Waals surface area contributed by atoms with E-state index in [0.29, 0.717) is 30.8 Å². The zero-order valence-corrected chi connectivity index (χ0v) is 22.9. The molecule has 0 aromatic carbocycles. The number of hydrogen-bond acceptors (Lipinski definition) is 6. The summed E-state index contributed by atoms with van der Waals surface area (Å²) < 4.78 is 6.24. The Morgan fingerprint density at radius 3 is 2.57 bits per heavy atom. The van der Waals surface area contributed by atoms with Crippen LogP contribution in [0.1, 0.15) is 90.4 Å². The highest BCUT2D eigenvalue weighted by atomic mass is 16.5. The van der Waals surface area contributed by atoms with Crippen LogP contribution in [0.25, 0.3) is 0 Å². The van der Waals surface area contributed by atoms with Crippen molar-refractivity contribution in [1.29, 1.82) is 0 Å². The summed E-state index contributed by atoms with van der Waals surface area (Å²) >= 11 is 0. The van der Waals surface area contributed by atoms with Crippen LogP contribution in [0.2, 0.25) is 0 Å². The largest absolute Gasteiger partial charge is 0.393 e. The Labute approximate surface area is 224 Å². The third-order valence-corrected chi connectivity index (χ3v) is 9.67. The number of rotatable bonds is 7. The predicted octanol–water partition coefficient (Wildman–Crippen LogP) is 3.73. The molecule has 1 saturated heterocycles. The highest BCUT2D eigenvalue weighted by molar-refractivity contribution is 5.19. The number of hydrogen-bond donors (Lipinski definition) is 5. The van der Waals surface area contributed by atoms with Crippen LogP contribution in [-0.2, 0) is 4.74 Å². The maximum absolute atomic E-state index is 11.3. The lowest BCUT2D eigenvalue weighted by molar-refractivity contribution is -0.0802. The standard InChI is InChI=1S/C31H52N2O4/c1-2-21-6-3-4-8-27(35)31-23(10-9-21)11-12-24(19-28(31)36)25-13-14-26(34)29(20-25)37-17-5-7-22-15-16-33-30(32)18-22/h11-12,21-31,33-36H,2-8,13-20,32H2,1H3/t21-,22?,23-,24-,25?,26?,27+,28-,29?,30?,31+/m1/s1. The van der Waals surface area contributed by atoms with E-state index in [1.165, 1.54) is 6.42 Å². The van der Waals surface area contributed by atoms with E-state index in [4.69, 9.17) is 10.5 Å². The van der Waals surface area contributed by atoms with Crippen molar-refractivity contribution < 1.29 is 20.1 Å². The van der Waals surface area contributed by atoms with E-state index in [0.717, 1.165) is 77.2 Å². The van der Waals surface area contributed by atoms with Gasteiger partial charge in [0.05, 0.1) is 30.6 Å². The summed E-state index contributed by atoms with van der Waals surface area (Å²) in [5, 5.41) is 36.3. The zero-order chi connectivity index (χ0) is 26.2. The molecule has 0 amide bonds. The van der Waals surface area contributed by atoms with Crippen molar-refractivity contribution in [3.8, 4) is 11.8 Å². The molecular formula is C31H52N2O4. The second kappa shape index (κ2) is 14.4. The second-order valence-corrected chi connectivity index (χ2v) is 12.3. The molecule has 6 heteroatoms. The minimum absolute atomic E-state index is 0.105. The van der Waals surface area contributed by atoms with E-state index in [-0.39, 0.29) is 30.0 Å². The average Bonchev–Trinajstić information content (AvgIpc) is 3.05. The van der Waals surface area contributed by atoms with Gasteiger partial charge in [0.1, 0.15) is 0 Å². The molecule has 3 aliphatic carbocycles. The average molecular weight is 517 g/mol. The Bertz CT molecular complexity index is 779. The Kier molecular flexibility index (Phi) is 11.3. The number of piperidine rings is 1. The van der Waals surface area contributed by atoms with Crippen LogP contribution in [-0.4, -0.2) is 59.1 Å². The lowest BCUT2D eigenvalue weighted by Crippen LogP contribution is -2.44. The summed E-state index contributed by atoms with van der Waals surface area (Å²) in [4.78, 5) is 0. The summed E-state index contributed by atoms with van der Waals surface area (Å²) in [5.41, 5.74) is 6.04. The van der Waals surface area contributed by atoms with Crippen molar-refractivity contribution >= 4 is 0 Å². The molecule has 6 N–H and O–H groups in total. The Morgan fingerprint density at radius 1 is 0.919 bits per heavy atom. The monoisotopic (exact) mass is 516 g/mol. The van der Waals surface area contributed by atoms with Gasteiger partial charge < -0.3 is 31.1 Å². The van der Waals surface area contributed by atoms with Crippen LogP contribution in [0.4, 0.5) is 0 Å². The molecule has 0 bridgehead atoms. The molecule has 5 unspecified atom stereocenters. The van der Waals surface area contributed by atoms with Gasteiger partial charge in [-0.15, -0.1) is 0 Å². The highest BCUT2D eigenvalue weighted by Gasteiger charge is 2.40. The molecule has 11 atom stereocenters. The van der Waals surface area contributed by atoms with E-state index >= 15 is 0 Å². The first-order valence-electron chi connectivity index (χ1n) is 15.3. The quantitative estimate of drug-likeness (QED) is 0.200. The van der Waals surface area contributed by atoms with Crippen LogP contribution in [0.5, 0.6) is 0 Å². The van der Waals surface area contributed by atoms with Gasteiger partial charge >= 0.3 is 0 Å². The summed E-state index contributed by atoms with van der Waals surface area (Å²) in [6, 6.07) is 0. The van der Waals surface area contributed by atoms with Gasteiger partial charge in [-0.2, -0.15) is 0 Å². The summed E-state index contributed by atoms with van der Waals surface area (Å²) in [7, 11) is 0. The normalized spacial score (nSPS) is 43.2. The number of aliphatic hydroxyl groups excluding tert-OH is 3. The lowest BCUT2D eigenvalue weighted by atomic mass is 9.74. The molecule has 4 aliphatic rings. The fraction of sp³-hybridized carbons (Fsp3) is 0.871. The topological polar surface area (TPSA) is 108 Å². The van der Waals surface area contributed by atoms with E-state index < -0.39 is 18.3 Å². The molecule has 1 saturated carbocycles. The Morgan fingerprint density at radius 2 is 1.76 bits per heavy atom. The molecule has 210 valence electrons. The first kappa shape index (κ1) is 29.1. The van der Waals surface area contributed by atoms with Gasteiger partial charge in [0.25, 0.3) is 0 Å². The van der Waals surface area contributed by atoms with Gasteiger partial charge in [-0.05, 0) is 94.9 Å². The molecule has 4 rings (SSSR count). The molecule has 6 nitrogen and oxygen atoms in total. The van der Waals surface area contributed by atoms with Crippen molar-refractivity contribution in [2.24, 2.45) is 41.2 Å². The van der Waals surface area contributed by atoms with Gasteiger partial charge in [-0.1, -0.05) is 43.8 Å². The predicted molar refractivity (Wildman–Crippen MR) is 147 cm³/mol. The minimum atomic E-state index is -0.573. The minimum Gasteiger partial charge on any atom is -0.393 e. The number of aliphatic hydroxyl groups is 3.